The summed E-state index contributed by atoms with van der Waals surface area (Å²) in [7, 11) is 0. The Morgan fingerprint density at radius 1 is 1.43 bits per heavy atom. The van der Waals surface area contributed by atoms with Crippen LogP contribution in [0.3, 0.4) is 0 Å². The van der Waals surface area contributed by atoms with Crippen LogP contribution in [0.25, 0.3) is 0 Å². The van der Waals surface area contributed by atoms with Gasteiger partial charge in [-0.05, 0) is 5.92 Å². The van der Waals surface area contributed by atoms with Crippen molar-refractivity contribution in [1.29, 1.82) is 0 Å². The van der Waals surface area contributed by atoms with Gasteiger partial charge in [0.25, 0.3) is 0 Å². The smallest absolute Gasteiger partial charge is 0.147 e. The van der Waals surface area contributed by atoms with E-state index in [4.69, 9.17) is 5.73 Å². The van der Waals surface area contributed by atoms with Crippen molar-refractivity contribution < 1.29 is 0 Å². The predicted octanol–water partition coefficient (Wildman–Crippen LogP) is 0.650. The van der Waals surface area contributed by atoms with Gasteiger partial charge in [-0.25, -0.2) is 4.98 Å². The first-order valence-corrected chi connectivity index (χ1v) is 4.92. The molecule has 0 amide bonds. The quantitative estimate of drug-likeness (QED) is 0.747. The lowest BCUT2D eigenvalue weighted by Gasteiger charge is -2.50. The fourth-order valence-electron chi connectivity index (χ4n) is 1.65. The highest BCUT2D eigenvalue weighted by Crippen LogP contribution is 2.28. The molecule has 0 aromatic carbocycles. The van der Waals surface area contributed by atoms with Gasteiger partial charge < -0.3 is 10.6 Å². The van der Waals surface area contributed by atoms with E-state index in [1.165, 1.54) is 0 Å². The van der Waals surface area contributed by atoms with E-state index in [0.717, 1.165) is 18.9 Å². The number of hydrogen-bond donors (Lipinski definition) is 1. The third-order valence-corrected chi connectivity index (χ3v) is 2.99. The summed E-state index contributed by atoms with van der Waals surface area (Å²) in [5, 5.41) is 0. The minimum absolute atomic E-state index is 0.0441. The number of aromatic nitrogens is 2. The van der Waals surface area contributed by atoms with Crippen molar-refractivity contribution in [3.63, 3.8) is 0 Å². The third kappa shape index (κ3) is 1.46. The number of nitrogens with zero attached hydrogens (tertiary/aromatic N) is 3. The van der Waals surface area contributed by atoms with Crippen LogP contribution >= 0.6 is 0 Å². The van der Waals surface area contributed by atoms with Gasteiger partial charge >= 0.3 is 0 Å². The van der Waals surface area contributed by atoms with Crippen LogP contribution in [0.4, 0.5) is 5.82 Å². The molecule has 0 aliphatic carbocycles. The van der Waals surface area contributed by atoms with Crippen LogP contribution in [0, 0.1) is 5.92 Å². The monoisotopic (exact) mass is 192 g/mol. The summed E-state index contributed by atoms with van der Waals surface area (Å²) < 4.78 is 0. The van der Waals surface area contributed by atoms with Gasteiger partial charge in [-0.1, -0.05) is 13.8 Å². The minimum atomic E-state index is -0.0441. The molecule has 1 aromatic rings. The fraction of sp³-hybridized carbons (Fsp3) is 0.600. The van der Waals surface area contributed by atoms with E-state index >= 15 is 0 Å². The van der Waals surface area contributed by atoms with Crippen molar-refractivity contribution >= 4 is 5.82 Å². The second kappa shape index (κ2) is 3.20. The van der Waals surface area contributed by atoms with Gasteiger partial charge in [-0.3, -0.25) is 4.98 Å². The van der Waals surface area contributed by atoms with Crippen molar-refractivity contribution in [2.24, 2.45) is 11.7 Å². The molecule has 2 N–H and O–H groups in total. The highest BCUT2D eigenvalue weighted by molar-refractivity contribution is 5.42. The molecule has 0 bridgehead atoms. The van der Waals surface area contributed by atoms with Crippen molar-refractivity contribution in [1.82, 2.24) is 9.97 Å². The van der Waals surface area contributed by atoms with Crippen LogP contribution in [0.5, 0.6) is 0 Å². The molecule has 76 valence electrons. The average Bonchev–Trinajstić information content (AvgIpc) is 2.14. The number of anilines is 1. The zero-order chi connectivity index (χ0) is 10.2. The Bertz CT molecular complexity index is 303. The summed E-state index contributed by atoms with van der Waals surface area (Å²) in [5.41, 5.74) is 6.14. The molecule has 1 fully saturated rings. The average molecular weight is 192 g/mol. The lowest BCUT2D eigenvalue weighted by Crippen LogP contribution is -2.70. The highest BCUT2D eigenvalue weighted by atomic mass is 15.3. The van der Waals surface area contributed by atoms with E-state index in [1.807, 2.05) is 0 Å². The molecule has 2 rings (SSSR count). The predicted molar refractivity (Wildman–Crippen MR) is 56.0 cm³/mol. The molecule has 0 atom stereocenters. The molecule has 0 unspecified atom stereocenters. The number of hydrogen-bond acceptors (Lipinski definition) is 4. The molecular formula is C10H16N4. The SMILES string of the molecule is CC(C)C1(N)CN(c2cnccn2)C1. The Labute approximate surface area is 84.2 Å². The first-order valence-electron chi connectivity index (χ1n) is 4.92. The van der Waals surface area contributed by atoms with Crippen molar-refractivity contribution in [2.45, 2.75) is 19.4 Å². The van der Waals surface area contributed by atoms with E-state index in [2.05, 4.69) is 28.7 Å². The van der Waals surface area contributed by atoms with Crippen LogP contribution in [0.2, 0.25) is 0 Å². The lowest BCUT2D eigenvalue weighted by atomic mass is 9.80. The van der Waals surface area contributed by atoms with Crippen LogP contribution in [-0.2, 0) is 0 Å². The zero-order valence-electron chi connectivity index (χ0n) is 8.64. The molecule has 2 heterocycles. The van der Waals surface area contributed by atoms with E-state index in [0.29, 0.717) is 5.92 Å². The molecule has 0 radical (unpaired) electrons. The van der Waals surface area contributed by atoms with Gasteiger partial charge in [-0.2, -0.15) is 0 Å². The Morgan fingerprint density at radius 2 is 2.14 bits per heavy atom. The zero-order valence-corrected chi connectivity index (χ0v) is 8.64. The maximum atomic E-state index is 6.18. The molecule has 0 saturated carbocycles. The topological polar surface area (TPSA) is 55.0 Å². The Kier molecular flexibility index (Phi) is 2.15. The largest absolute Gasteiger partial charge is 0.351 e. The summed E-state index contributed by atoms with van der Waals surface area (Å²) >= 11 is 0. The van der Waals surface area contributed by atoms with Gasteiger partial charge in [0.15, 0.2) is 0 Å². The van der Waals surface area contributed by atoms with Crippen molar-refractivity contribution in [3.05, 3.63) is 18.6 Å². The van der Waals surface area contributed by atoms with E-state index < -0.39 is 0 Å². The summed E-state index contributed by atoms with van der Waals surface area (Å²) in [5.74, 6) is 1.43. The molecule has 1 aliphatic heterocycles. The summed E-state index contributed by atoms with van der Waals surface area (Å²) in [6, 6.07) is 0. The normalized spacial score (nSPS) is 19.6. The molecular weight excluding hydrogens is 176 g/mol. The van der Waals surface area contributed by atoms with Gasteiger partial charge in [0.05, 0.1) is 11.7 Å². The second-order valence-corrected chi connectivity index (χ2v) is 4.31. The first kappa shape index (κ1) is 9.40. The first-order chi connectivity index (χ1) is 6.62. The summed E-state index contributed by atoms with van der Waals surface area (Å²) in [6.07, 6.45) is 5.17. The van der Waals surface area contributed by atoms with Gasteiger partial charge in [0.1, 0.15) is 5.82 Å². The molecule has 4 nitrogen and oxygen atoms in total. The Hall–Kier alpha value is -1.16. The maximum Gasteiger partial charge on any atom is 0.147 e. The Morgan fingerprint density at radius 3 is 2.64 bits per heavy atom. The fourth-order valence-corrected chi connectivity index (χ4v) is 1.65. The number of rotatable bonds is 2. The van der Waals surface area contributed by atoms with Gasteiger partial charge in [-0.15, -0.1) is 0 Å². The van der Waals surface area contributed by atoms with Crippen LogP contribution in [0.1, 0.15) is 13.8 Å². The lowest BCUT2D eigenvalue weighted by molar-refractivity contribution is 0.243. The minimum Gasteiger partial charge on any atom is -0.351 e. The molecule has 1 saturated heterocycles. The molecule has 1 aromatic heterocycles. The van der Waals surface area contributed by atoms with E-state index in [9.17, 15) is 0 Å². The van der Waals surface area contributed by atoms with Gasteiger partial charge in [0.2, 0.25) is 0 Å². The van der Waals surface area contributed by atoms with Crippen molar-refractivity contribution in [3.8, 4) is 0 Å². The Balaban J connectivity index is 2.02. The van der Waals surface area contributed by atoms with E-state index in [1.54, 1.807) is 18.6 Å². The van der Waals surface area contributed by atoms with Crippen LogP contribution in [-0.4, -0.2) is 28.6 Å². The maximum absolute atomic E-state index is 6.18. The van der Waals surface area contributed by atoms with Gasteiger partial charge in [0, 0.05) is 25.5 Å². The third-order valence-electron chi connectivity index (χ3n) is 2.99. The second-order valence-electron chi connectivity index (χ2n) is 4.31. The molecule has 1 aliphatic rings. The standard InChI is InChI=1S/C10H16N4/c1-8(2)10(11)6-14(7-10)9-5-12-3-4-13-9/h3-5,8H,6-7,11H2,1-2H3. The summed E-state index contributed by atoms with van der Waals surface area (Å²) in [6.45, 7) is 6.08. The number of nitrogens with two attached hydrogens (primary N) is 1. The van der Waals surface area contributed by atoms with Crippen LogP contribution < -0.4 is 10.6 Å². The molecule has 4 heteroatoms. The summed E-state index contributed by atoms with van der Waals surface area (Å²) in [4.78, 5) is 10.4. The van der Waals surface area contributed by atoms with Crippen molar-refractivity contribution in [2.75, 3.05) is 18.0 Å². The highest BCUT2D eigenvalue weighted by Gasteiger charge is 2.42. The molecule has 14 heavy (non-hydrogen) atoms. The van der Waals surface area contributed by atoms with Crippen LogP contribution in [0.15, 0.2) is 18.6 Å². The molecule has 0 spiro atoms. The van der Waals surface area contributed by atoms with E-state index in [-0.39, 0.29) is 5.54 Å².